The fourth-order valence-electron chi connectivity index (χ4n) is 3.85. The highest BCUT2D eigenvalue weighted by molar-refractivity contribution is 7.89. The first kappa shape index (κ1) is 17.9. The molecule has 0 saturated heterocycles. The number of nitrogens with zero attached hydrogens (tertiary/aromatic N) is 1. The Labute approximate surface area is 156 Å². The fourth-order valence-corrected chi connectivity index (χ4v) is 5.12. The van der Waals surface area contributed by atoms with Crippen LogP contribution in [0.2, 0.25) is 0 Å². The van der Waals surface area contributed by atoms with Gasteiger partial charge < -0.3 is 9.36 Å². The maximum atomic E-state index is 13.1. The lowest BCUT2D eigenvalue weighted by Gasteiger charge is -2.26. The second-order valence-electron chi connectivity index (χ2n) is 6.73. The predicted octanol–water partition coefficient (Wildman–Crippen LogP) is 2.82. The number of hydrogen-bond acceptors (Lipinski definition) is 3. The second-order valence-corrected chi connectivity index (χ2v) is 8.45. The van der Waals surface area contributed by atoms with E-state index in [0.717, 1.165) is 40.6 Å². The van der Waals surface area contributed by atoms with Crippen LogP contribution in [0.3, 0.4) is 0 Å². The molecule has 27 heavy (non-hydrogen) atoms. The highest BCUT2D eigenvalue weighted by Gasteiger charge is 2.27. The monoisotopic (exact) mass is 386 g/mol. The summed E-state index contributed by atoms with van der Waals surface area (Å²) in [7, 11) is -3.72. The molecule has 1 aliphatic heterocycles. The number of sulfonamides is 1. The van der Waals surface area contributed by atoms with E-state index in [4.69, 9.17) is 0 Å². The molecule has 2 aromatic carbocycles. The zero-order chi connectivity index (χ0) is 19.0. The molecule has 0 spiro atoms. The average molecular weight is 386 g/mol. The van der Waals surface area contributed by atoms with Gasteiger partial charge in [-0.3, -0.25) is 0 Å². The molecule has 0 saturated carbocycles. The number of hydrogen-bond donors (Lipinski definition) is 1. The van der Waals surface area contributed by atoms with Crippen LogP contribution in [0.25, 0.3) is 10.9 Å². The van der Waals surface area contributed by atoms with E-state index in [-0.39, 0.29) is 10.9 Å². The molecule has 5 nitrogen and oxygen atoms in total. The molecular formula is C20H19FN2O3S. The van der Waals surface area contributed by atoms with Crippen molar-refractivity contribution in [3.05, 3.63) is 65.6 Å². The van der Waals surface area contributed by atoms with E-state index in [9.17, 15) is 17.6 Å². The predicted molar refractivity (Wildman–Crippen MR) is 101 cm³/mol. The van der Waals surface area contributed by atoms with E-state index in [2.05, 4.69) is 9.29 Å². The van der Waals surface area contributed by atoms with Gasteiger partial charge in [-0.1, -0.05) is 18.2 Å². The summed E-state index contributed by atoms with van der Waals surface area (Å²) in [6, 6.07) is 12.4. The van der Waals surface area contributed by atoms with Crippen LogP contribution in [0.4, 0.5) is 4.39 Å². The zero-order valence-electron chi connectivity index (χ0n) is 14.6. The van der Waals surface area contributed by atoms with Gasteiger partial charge in [0, 0.05) is 35.6 Å². The van der Waals surface area contributed by atoms with Gasteiger partial charge in [0.2, 0.25) is 10.0 Å². The standard InChI is InChI=1S/C20H19FN2O3S/c21-14-5-8-16(9-6-14)27(25,26)22-15-7-10-20-18(11-12-24)17-3-1-2-4-19(17)23(20)13-15/h1-6,8-9,12,15,22H,7,10-11,13H2/t15-/m1/s1. The maximum Gasteiger partial charge on any atom is 0.240 e. The van der Waals surface area contributed by atoms with E-state index >= 15 is 0 Å². The van der Waals surface area contributed by atoms with E-state index in [0.29, 0.717) is 25.8 Å². The Hall–Kier alpha value is -2.51. The van der Waals surface area contributed by atoms with Crippen molar-refractivity contribution >= 4 is 27.2 Å². The van der Waals surface area contributed by atoms with Crippen LogP contribution in [0.1, 0.15) is 17.7 Å². The highest BCUT2D eigenvalue weighted by atomic mass is 32.2. The lowest BCUT2D eigenvalue weighted by molar-refractivity contribution is -0.107. The van der Waals surface area contributed by atoms with Gasteiger partial charge in [0.1, 0.15) is 12.1 Å². The number of fused-ring (bicyclic) bond motifs is 3. The van der Waals surface area contributed by atoms with Crippen LogP contribution in [-0.4, -0.2) is 25.3 Å². The van der Waals surface area contributed by atoms with Crippen molar-refractivity contribution in [3.8, 4) is 0 Å². The van der Waals surface area contributed by atoms with Gasteiger partial charge in [-0.05, 0) is 48.7 Å². The molecule has 0 fully saturated rings. The third kappa shape index (κ3) is 3.28. The number of para-hydroxylation sites is 1. The lowest BCUT2D eigenvalue weighted by atomic mass is 10.0. The fraction of sp³-hybridized carbons (Fsp3) is 0.250. The third-order valence-corrected chi connectivity index (χ3v) is 6.60. The summed E-state index contributed by atoms with van der Waals surface area (Å²) in [6.45, 7) is 0.495. The van der Waals surface area contributed by atoms with Crippen LogP contribution < -0.4 is 4.72 Å². The Morgan fingerprint density at radius 3 is 2.63 bits per heavy atom. The molecule has 7 heteroatoms. The largest absolute Gasteiger partial charge is 0.343 e. The van der Waals surface area contributed by atoms with Gasteiger partial charge in [-0.2, -0.15) is 0 Å². The summed E-state index contributed by atoms with van der Waals surface area (Å²) < 4.78 is 43.1. The minimum absolute atomic E-state index is 0.0497. The third-order valence-electron chi connectivity index (χ3n) is 5.06. The van der Waals surface area contributed by atoms with E-state index in [1.165, 1.54) is 12.1 Å². The number of halogens is 1. The number of aldehydes is 1. The Bertz CT molecular complexity index is 1100. The van der Waals surface area contributed by atoms with Crippen molar-refractivity contribution in [3.63, 3.8) is 0 Å². The van der Waals surface area contributed by atoms with Crippen LogP contribution in [0.5, 0.6) is 0 Å². The van der Waals surface area contributed by atoms with Gasteiger partial charge in [0.25, 0.3) is 0 Å². The molecule has 1 atom stereocenters. The highest BCUT2D eigenvalue weighted by Crippen LogP contribution is 2.31. The SMILES string of the molecule is O=CCc1c2n(c3ccccc13)C[C@H](NS(=O)(=O)c1ccc(F)cc1)CC2. The Morgan fingerprint density at radius 2 is 1.89 bits per heavy atom. The quantitative estimate of drug-likeness (QED) is 0.686. The number of carbonyl (C=O) groups excluding carboxylic acids is 1. The van der Waals surface area contributed by atoms with Gasteiger partial charge in [0.15, 0.2) is 0 Å². The Balaban J connectivity index is 1.64. The second kappa shape index (κ2) is 6.90. The van der Waals surface area contributed by atoms with Crippen LogP contribution >= 0.6 is 0 Å². The maximum absolute atomic E-state index is 13.1. The number of carbonyl (C=O) groups is 1. The topological polar surface area (TPSA) is 68.2 Å². The number of rotatable bonds is 5. The van der Waals surface area contributed by atoms with Crippen molar-refractivity contribution in [2.45, 2.75) is 36.7 Å². The molecule has 0 bridgehead atoms. The molecule has 2 heterocycles. The molecule has 140 valence electrons. The van der Waals surface area contributed by atoms with Crippen LogP contribution in [-0.2, 0) is 34.2 Å². The van der Waals surface area contributed by atoms with Crippen LogP contribution in [0, 0.1) is 5.82 Å². The lowest BCUT2D eigenvalue weighted by Crippen LogP contribution is -2.40. The average Bonchev–Trinajstić information content (AvgIpc) is 2.96. The Morgan fingerprint density at radius 1 is 1.15 bits per heavy atom. The molecule has 0 unspecified atom stereocenters. The first-order valence-corrected chi connectivity index (χ1v) is 10.3. The summed E-state index contributed by atoms with van der Waals surface area (Å²) in [4.78, 5) is 11.2. The molecule has 1 aliphatic rings. The van der Waals surface area contributed by atoms with Crippen molar-refractivity contribution in [1.29, 1.82) is 0 Å². The summed E-state index contributed by atoms with van der Waals surface area (Å²) in [6.07, 6.45) is 2.60. The van der Waals surface area contributed by atoms with Gasteiger partial charge in [-0.25, -0.2) is 17.5 Å². The van der Waals surface area contributed by atoms with Crippen molar-refractivity contribution in [1.82, 2.24) is 9.29 Å². The molecule has 0 radical (unpaired) electrons. The number of nitrogens with one attached hydrogen (secondary N) is 1. The molecule has 0 aliphatic carbocycles. The normalized spacial score (nSPS) is 17.0. The Kier molecular flexibility index (Phi) is 4.57. The van der Waals surface area contributed by atoms with Gasteiger partial charge >= 0.3 is 0 Å². The molecule has 1 N–H and O–H groups in total. The van der Waals surface area contributed by atoms with E-state index in [1.807, 2.05) is 24.3 Å². The summed E-state index contributed by atoms with van der Waals surface area (Å²) >= 11 is 0. The van der Waals surface area contributed by atoms with E-state index in [1.54, 1.807) is 0 Å². The van der Waals surface area contributed by atoms with Crippen molar-refractivity contribution in [2.24, 2.45) is 0 Å². The van der Waals surface area contributed by atoms with Crippen molar-refractivity contribution < 1.29 is 17.6 Å². The van der Waals surface area contributed by atoms with Gasteiger partial charge in [0.05, 0.1) is 4.90 Å². The summed E-state index contributed by atoms with van der Waals surface area (Å²) in [5.41, 5.74) is 3.14. The molecule has 0 amide bonds. The molecule has 4 rings (SSSR count). The van der Waals surface area contributed by atoms with Crippen molar-refractivity contribution in [2.75, 3.05) is 0 Å². The minimum Gasteiger partial charge on any atom is -0.343 e. The van der Waals surface area contributed by atoms with E-state index < -0.39 is 15.8 Å². The number of benzene rings is 2. The summed E-state index contributed by atoms with van der Waals surface area (Å²) in [5.74, 6) is -0.474. The van der Waals surface area contributed by atoms with Gasteiger partial charge in [-0.15, -0.1) is 0 Å². The molecule has 3 aromatic rings. The summed E-state index contributed by atoms with van der Waals surface area (Å²) in [5, 5.41) is 1.04. The first-order chi connectivity index (χ1) is 13.0. The minimum atomic E-state index is -3.72. The molecular weight excluding hydrogens is 367 g/mol. The number of aromatic nitrogens is 1. The zero-order valence-corrected chi connectivity index (χ0v) is 15.4. The first-order valence-electron chi connectivity index (χ1n) is 8.80. The van der Waals surface area contributed by atoms with Crippen LogP contribution in [0.15, 0.2) is 53.4 Å². The smallest absolute Gasteiger partial charge is 0.240 e. The molecule has 1 aromatic heterocycles.